The number of nitrogens with one attached hydrogen (secondary N) is 1. The molecule has 85 heavy (non-hydrogen) atoms. The molecular weight excluding hydrogens is 1070 g/mol. The number of hydrogen-bond donors (Lipinski definition) is 4. The Bertz CT molecular complexity index is 4260. The van der Waals surface area contributed by atoms with Gasteiger partial charge in [0.2, 0.25) is 5.91 Å². The van der Waals surface area contributed by atoms with Crippen LogP contribution in [0.2, 0.25) is 0 Å². The highest BCUT2D eigenvalue weighted by atomic mass is 16.5. The van der Waals surface area contributed by atoms with Crippen molar-refractivity contribution in [1.29, 1.82) is 0 Å². The molecule has 1 aliphatic carbocycles. The van der Waals surface area contributed by atoms with Gasteiger partial charge in [-0.05, 0) is 117 Å². The summed E-state index contributed by atoms with van der Waals surface area (Å²) in [5, 5.41) is 19.3. The van der Waals surface area contributed by atoms with Gasteiger partial charge in [-0.3, -0.25) is 9.89 Å². The van der Waals surface area contributed by atoms with Gasteiger partial charge in [0.1, 0.15) is 82.3 Å². The third-order valence-electron chi connectivity index (χ3n) is 14.9. The molecule has 1 saturated carbocycles. The van der Waals surface area contributed by atoms with Crippen LogP contribution in [0.1, 0.15) is 57.0 Å². The quantitative estimate of drug-likeness (QED) is 0.0828. The van der Waals surface area contributed by atoms with Crippen molar-refractivity contribution in [3.63, 3.8) is 0 Å². The molecule has 12 aromatic rings. The van der Waals surface area contributed by atoms with Crippen LogP contribution in [0.4, 0.5) is 17.5 Å². The Labute approximate surface area is 489 Å². The largest absolute Gasteiger partial charge is 0.457 e. The zero-order valence-corrected chi connectivity index (χ0v) is 46.4. The number of hydrogen-bond acceptors (Lipinski definition) is 16. The van der Waals surface area contributed by atoms with Gasteiger partial charge in [-0.15, -0.1) is 0 Å². The molecule has 0 spiro atoms. The standard InChI is InChI=1S/C25H24N6O2.C23H23N5O.C17H13N5O/c1-2-21(32)30-14-8-9-17(15-30)31-25-22(24(26)27-16-28-25)23(29-31)19-12-6-7-13-20(19)33-18-10-4-3-5-11-18;24-22-20-21(16-11-13-19(14-12-16)29-18-9-5-2-6-10-18)27-28(23(20)26-15-25-22)17-7-3-1-4-8-17;18-16-14-15(21-22-17(14)20-10-19-16)12-8-4-5-9-13(12)23-11-6-2-1-3-7-11/h2-7,10-13,16-17H,1,8-9,14-15H2,(H2,26,27,28);2,5-6,9-15,17H,1,3-4,7-8H2,(H2,24,25,26);1-10H,(H3,18,19,20,21,22)/t17-;;/m1../s1. The van der Waals surface area contributed by atoms with E-state index in [1.807, 2.05) is 168 Å². The van der Waals surface area contributed by atoms with Gasteiger partial charge in [0.15, 0.2) is 16.9 Å². The molecule has 0 bridgehead atoms. The van der Waals surface area contributed by atoms with Crippen molar-refractivity contribution >= 4 is 56.5 Å². The number of likely N-dealkylation sites (tertiary alicyclic amines) is 1. The van der Waals surface area contributed by atoms with Crippen molar-refractivity contribution in [2.75, 3.05) is 30.3 Å². The van der Waals surface area contributed by atoms with Gasteiger partial charge >= 0.3 is 0 Å². The second-order valence-corrected chi connectivity index (χ2v) is 20.4. The van der Waals surface area contributed by atoms with E-state index in [9.17, 15) is 4.79 Å². The predicted molar refractivity (Wildman–Crippen MR) is 329 cm³/mol. The lowest BCUT2D eigenvalue weighted by atomic mass is 9.96. The minimum absolute atomic E-state index is 0.0320. The van der Waals surface area contributed by atoms with E-state index >= 15 is 0 Å². The van der Waals surface area contributed by atoms with E-state index in [1.54, 1.807) is 4.90 Å². The van der Waals surface area contributed by atoms with Crippen LogP contribution in [0.25, 0.3) is 66.9 Å². The van der Waals surface area contributed by atoms with Crippen LogP contribution >= 0.6 is 0 Å². The number of piperidine rings is 1. The molecule has 7 N–H and O–H groups in total. The fourth-order valence-corrected chi connectivity index (χ4v) is 10.8. The van der Waals surface area contributed by atoms with Crippen molar-refractivity contribution in [3.8, 4) is 68.3 Å². The number of nitrogen functional groups attached to an aromatic ring is 3. The maximum absolute atomic E-state index is 12.2. The van der Waals surface area contributed by atoms with Crippen LogP contribution in [0, 0.1) is 0 Å². The SMILES string of the molecule is C=CC(=O)N1CCC[C@@H](n2nc(-c3ccccc3Oc3ccccc3)c3c(N)ncnc32)C1.Nc1ncnc2c1c(-c1ccc(Oc3ccccc3)cc1)nn2C1CCCCC1.Nc1ncnc2n[nH]c(-c3ccccc3Oc3ccccc3)c12. The topological polar surface area (TPSA) is 268 Å². The number of para-hydroxylation sites is 5. The van der Waals surface area contributed by atoms with Crippen LogP contribution in [0.3, 0.4) is 0 Å². The second kappa shape index (κ2) is 25.0. The molecule has 7 heterocycles. The van der Waals surface area contributed by atoms with Crippen LogP contribution < -0.4 is 31.4 Å². The number of ether oxygens (including phenoxy) is 3. The van der Waals surface area contributed by atoms with Gasteiger partial charge in [-0.25, -0.2) is 39.3 Å². The predicted octanol–water partition coefficient (Wildman–Crippen LogP) is 13.0. The van der Waals surface area contributed by atoms with E-state index < -0.39 is 0 Å². The maximum atomic E-state index is 12.2. The zero-order chi connectivity index (χ0) is 58.1. The average Bonchev–Trinajstić information content (AvgIpc) is 2.65. The number of nitrogens with two attached hydrogens (primary N) is 3. The number of anilines is 3. The molecule has 20 nitrogen and oxygen atoms in total. The Morgan fingerprint density at radius 3 is 1.60 bits per heavy atom. The van der Waals surface area contributed by atoms with Crippen molar-refractivity contribution in [1.82, 2.24) is 64.6 Å². The van der Waals surface area contributed by atoms with E-state index in [1.165, 1.54) is 44.3 Å². The summed E-state index contributed by atoms with van der Waals surface area (Å²) in [5.41, 5.74) is 25.4. The minimum Gasteiger partial charge on any atom is -0.457 e. The summed E-state index contributed by atoms with van der Waals surface area (Å²) in [7, 11) is 0. The van der Waals surface area contributed by atoms with Crippen molar-refractivity contribution in [2.45, 2.75) is 57.0 Å². The number of carbonyl (C=O) groups is 1. The van der Waals surface area contributed by atoms with Crippen LogP contribution in [0.15, 0.2) is 195 Å². The van der Waals surface area contributed by atoms with Crippen molar-refractivity contribution in [3.05, 3.63) is 195 Å². The lowest BCUT2D eigenvalue weighted by Gasteiger charge is -2.32. The van der Waals surface area contributed by atoms with Gasteiger partial charge in [0.25, 0.3) is 0 Å². The van der Waals surface area contributed by atoms with Gasteiger partial charge in [0, 0.05) is 29.8 Å². The number of aromatic nitrogens is 12. The molecule has 2 fully saturated rings. The summed E-state index contributed by atoms with van der Waals surface area (Å²) in [6.07, 6.45) is 13.5. The third-order valence-corrected chi connectivity index (χ3v) is 14.9. The smallest absolute Gasteiger partial charge is 0.246 e. The summed E-state index contributed by atoms with van der Waals surface area (Å²) in [6, 6.07) is 52.6. The summed E-state index contributed by atoms with van der Waals surface area (Å²) in [5.74, 6) is 5.56. The van der Waals surface area contributed by atoms with E-state index in [4.69, 9.17) is 41.6 Å². The number of fused-ring (bicyclic) bond motifs is 3. The monoisotopic (exact) mass is 1130 g/mol. The summed E-state index contributed by atoms with van der Waals surface area (Å²) < 4.78 is 22.0. The Balaban J connectivity index is 0.000000127. The van der Waals surface area contributed by atoms with Crippen LogP contribution in [-0.4, -0.2) is 83.6 Å². The highest BCUT2D eigenvalue weighted by Crippen LogP contribution is 2.41. The van der Waals surface area contributed by atoms with E-state index in [2.05, 4.69) is 51.4 Å². The van der Waals surface area contributed by atoms with Crippen LogP contribution in [-0.2, 0) is 4.79 Å². The number of H-pyrrole nitrogens is 1. The summed E-state index contributed by atoms with van der Waals surface area (Å²) in [4.78, 5) is 39.7. The number of nitrogens with zero attached hydrogens (tertiary/aromatic N) is 12. The second-order valence-electron chi connectivity index (χ2n) is 20.4. The van der Waals surface area contributed by atoms with Gasteiger partial charge < -0.3 is 36.3 Å². The molecule has 0 radical (unpaired) electrons. The summed E-state index contributed by atoms with van der Waals surface area (Å²) >= 11 is 0. The maximum Gasteiger partial charge on any atom is 0.246 e. The van der Waals surface area contributed by atoms with E-state index in [0.717, 1.165) is 87.8 Å². The van der Waals surface area contributed by atoms with Gasteiger partial charge in [-0.2, -0.15) is 15.3 Å². The third kappa shape index (κ3) is 11.9. The first-order chi connectivity index (χ1) is 41.8. The number of aromatic amines is 1. The molecule has 6 aromatic carbocycles. The Hall–Kier alpha value is -11.0. The fraction of sp³-hybridized carbons (Fsp3) is 0.169. The Kier molecular flexibility index (Phi) is 16.0. The van der Waals surface area contributed by atoms with E-state index in [-0.39, 0.29) is 11.9 Å². The fourth-order valence-electron chi connectivity index (χ4n) is 10.8. The molecule has 1 amide bonds. The highest BCUT2D eigenvalue weighted by Gasteiger charge is 2.29. The molecular formula is C65H60N16O4. The molecule has 1 saturated heterocycles. The molecule has 6 aromatic heterocycles. The number of amides is 1. The highest BCUT2D eigenvalue weighted by molar-refractivity contribution is 6.01. The van der Waals surface area contributed by atoms with Crippen molar-refractivity contribution < 1.29 is 19.0 Å². The first-order valence-electron chi connectivity index (χ1n) is 28.1. The number of carbonyl (C=O) groups excluding carboxylic acids is 1. The summed E-state index contributed by atoms with van der Waals surface area (Å²) in [6.45, 7) is 4.86. The number of rotatable bonds is 12. The van der Waals surface area contributed by atoms with E-state index in [0.29, 0.717) is 75.8 Å². The van der Waals surface area contributed by atoms with Crippen molar-refractivity contribution in [2.24, 2.45) is 0 Å². The average molecular weight is 1130 g/mol. The zero-order valence-electron chi connectivity index (χ0n) is 46.4. The molecule has 1 aliphatic heterocycles. The van der Waals surface area contributed by atoms with Gasteiger partial charge in [0.05, 0.1) is 33.9 Å². The normalized spacial score (nSPS) is 14.2. The molecule has 2 aliphatic rings. The first kappa shape index (κ1) is 54.6. The minimum atomic E-state index is -0.0767. The lowest BCUT2D eigenvalue weighted by Crippen LogP contribution is -2.40. The molecule has 1 atom stereocenters. The Morgan fingerprint density at radius 2 is 0.988 bits per heavy atom. The Morgan fingerprint density at radius 1 is 0.506 bits per heavy atom. The molecule has 0 unspecified atom stereocenters. The number of benzene rings is 6. The molecule has 424 valence electrons. The molecule has 20 heteroatoms. The van der Waals surface area contributed by atoms with Crippen LogP contribution in [0.5, 0.6) is 34.5 Å². The first-order valence-corrected chi connectivity index (χ1v) is 28.1. The molecule has 14 rings (SSSR count). The van der Waals surface area contributed by atoms with Gasteiger partial charge in [-0.1, -0.05) is 105 Å². The lowest BCUT2D eigenvalue weighted by molar-refractivity contribution is -0.127.